The molecule has 0 spiro atoms. The van der Waals surface area contributed by atoms with Crippen molar-refractivity contribution in [1.82, 2.24) is 30.5 Å². The van der Waals surface area contributed by atoms with E-state index in [1.54, 1.807) is 12.1 Å². The second-order valence-electron chi connectivity index (χ2n) is 6.91. The van der Waals surface area contributed by atoms with Crippen molar-refractivity contribution in [3.8, 4) is 5.69 Å². The van der Waals surface area contributed by atoms with Crippen molar-refractivity contribution in [3.63, 3.8) is 0 Å². The predicted molar refractivity (Wildman–Crippen MR) is 105 cm³/mol. The third-order valence-corrected chi connectivity index (χ3v) is 4.91. The molecule has 4 rings (SSSR count). The average Bonchev–Trinajstić information content (AvgIpc) is 3.15. The van der Waals surface area contributed by atoms with Gasteiger partial charge in [-0.2, -0.15) is 0 Å². The lowest BCUT2D eigenvalue weighted by Crippen LogP contribution is -2.25. The fourth-order valence-electron chi connectivity index (χ4n) is 3.36. The number of carbonyl (C=O) groups excluding carboxylic acids is 1. The number of rotatable bonds is 5. The molecule has 8 heteroatoms. The molecule has 0 saturated carbocycles. The van der Waals surface area contributed by atoms with Crippen LogP contribution in [0.5, 0.6) is 0 Å². The molecule has 1 aliphatic rings. The van der Waals surface area contributed by atoms with Crippen LogP contribution in [0.3, 0.4) is 0 Å². The molecular formula is C20H23N7O. The first-order chi connectivity index (χ1) is 13.8. The van der Waals surface area contributed by atoms with Gasteiger partial charge in [0.1, 0.15) is 12.1 Å². The Kier molecular flexibility index (Phi) is 5.56. The molecule has 0 aliphatic carbocycles. The third kappa shape index (κ3) is 4.33. The number of nitrogens with one attached hydrogen (secondary N) is 1. The quantitative estimate of drug-likeness (QED) is 0.734. The van der Waals surface area contributed by atoms with Crippen LogP contribution in [0, 0.1) is 0 Å². The van der Waals surface area contributed by atoms with E-state index in [-0.39, 0.29) is 5.91 Å². The Labute approximate surface area is 163 Å². The first-order valence-electron chi connectivity index (χ1n) is 9.61. The Bertz CT molecular complexity index is 901. The first-order valence-corrected chi connectivity index (χ1v) is 9.61. The van der Waals surface area contributed by atoms with E-state index in [1.165, 1.54) is 36.7 Å². The Hall–Kier alpha value is -3.29. The van der Waals surface area contributed by atoms with Crippen molar-refractivity contribution >= 4 is 11.7 Å². The summed E-state index contributed by atoms with van der Waals surface area (Å²) in [5, 5.41) is 14.0. The third-order valence-electron chi connectivity index (χ3n) is 4.91. The number of pyridine rings is 1. The van der Waals surface area contributed by atoms with Gasteiger partial charge in [0, 0.05) is 31.4 Å². The zero-order valence-corrected chi connectivity index (χ0v) is 15.7. The number of hydrogen-bond acceptors (Lipinski definition) is 6. The largest absolute Gasteiger partial charge is 0.357 e. The van der Waals surface area contributed by atoms with E-state index in [0.717, 1.165) is 30.2 Å². The van der Waals surface area contributed by atoms with Crippen LogP contribution in [0.1, 0.15) is 41.6 Å². The molecule has 28 heavy (non-hydrogen) atoms. The lowest BCUT2D eigenvalue weighted by Gasteiger charge is -2.21. The second kappa shape index (κ2) is 8.60. The summed E-state index contributed by atoms with van der Waals surface area (Å²) in [5.74, 6) is 0.873. The van der Waals surface area contributed by atoms with E-state index < -0.39 is 0 Å². The molecule has 1 saturated heterocycles. The summed E-state index contributed by atoms with van der Waals surface area (Å²) in [5.41, 5.74) is 2.27. The maximum Gasteiger partial charge on any atom is 0.251 e. The number of tetrazole rings is 1. The minimum atomic E-state index is -0.147. The van der Waals surface area contributed by atoms with Crippen molar-refractivity contribution in [1.29, 1.82) is 0 Å². The topological polar surface area (TPSA) is 88.8 Å². The van der Waals surface area contributed by atoms with E-state index in [0.29, 0.717) is 12.1 Å². The van der Waals surface area contributed by atoms with Gasteiger partial charge < -0.3 is 10.2 Å². The van der Waals surface area contributed by atoms with Gasteiger partial charge in [-0.1, -0.05) is 25.0 Å². The standard InChI is InChI=1S/C20H23N7O/c28-20(17-6-5-7-18(12-17)27-15-23-24-25-27)22-14-16-8-9-19(21-13-16)26-10-3-1-2-4-11-26/h5-9,12-13,15H,1-4,10-11,14H2,(H,22,28). The number of anilines is 1. The van der Waals surface area contributed by atoms with Crippen molar-refractivity contribution in [2.45, 2.75) is 32.2 Å². The average molecular weight is 377 g/mol. The fourth-order valence-corrected chi connectivity index (χ4v) is 3.36. The van der Waals surface area contributed by atoms with Crippen LogP contribution >= 0.6 is 0 Å². The van der Waals surface area contributed by atoms with Crippen molar-refractivity contribution in [3.05, 3.63) is 60.0 Å². The summed E-state index contributed by atoms with van der Waals surface area (Å²) in [6.07, 6.45) is 8.39. The van der Waals surface area contributed by atoms with Crippen molar-refractivity contribution in [2.24, 2.45) is 0 Å². The summed E-state index contributed by atoms with van der Waals surface area (Å²) >= 11 is 0. The fraction of sp³-hybridized carbons (Fsp3) is 0.350. The van der Waals surface area contributed by atoms with Crippen LogP contribution in [-0.2, 0) is 6.54 Å². The summed E-state index contributed by atoms with van der Waals surface area (Å²) in [7, 11) is 0. The normalized spacial score (nSPS) is 14.5. The summed E-state index contributed by atoms with van der Waals surface area (Å²) < 4.78 is 1.52. The molecular weight excluding hydrogens is 354 g/mol. The van der Waals surface area contributed by atoms with E-state index in [9.17, 15) is 4.79 Å². The maximum absolute atomic E-state index is 12.5. The molecule has 3 aromatic rings. The van der Waals surface area contributed by atoms with Crippen LogP contribution in [0.25, 0.3) is 5.69 Å². The maximum atomic E-state index is 12.5. The Morgan fingerprint density at radius 2 is 1.93 bits per heavy atom. The molecule has 1 aromatic carbocycles. The number of nitrogens with zero attached hydrogens (tertiary/aromatic N) is 6. The highest BCUT2D eigenvalue weighted by molar-refractivity contribution is 5.94. The number of carbonyl (C=O) groups is 1. The molecule has 0 atom stereocenters. The SMILES string of the molecule is O=C(NCc1ccc(N2CCCCCC2)nc1)c1cccc(-n2cnnn2)c1. The first kappa shape index (κ1) is 18.1. The number of benzene rings is 1. The van der Waals surface area contributed by atoms with Gasteiger partial charge in [0.05, 0.1) is 5.69 Å². The highest BCUT2D eigenvalue weighted by Crippen LogP contribution is 2.17. The molecule has 8 nitrogen and oxygen atoms in total. The molecule has 1 fully saturated rings. The number of aromatic nitrogens is 5. The molecule has 2 aromatic heterocycles. The monoisotopic (exact) mass is 377 g/mol. The molecule has 1 amide bonds. The number of hydrogen-bond donors (Lipinski definition) is 1. The molecule has 3 heterocycles. The summed E-state index contributed by atoms with van der Waals surface area (Å²) in [6.45, 7) is 2.57. The molecule has 0 bridgehead atoms. The zero-order valence-electron chi connectivity index (χ0n) is 15.7. The lowest BCUT2D eigenvalue weighted by atomic mass is 10.2. The van der Waals surface area contributed by atoms with Crippen LogP contribution in [0.15, 0.2) is 48.9 Å². The summed E-state index contributed by atoms with van der Waals surface area (Å²) in [4.78, 5) is 19.4. The minimum Gasteiger partial charge on any atom is -0.357 e. The molecule has 0 radical (unpaired) electrons. The van der Waals surface area contributed by atoms with Gasteiger partial charge in [-0.05, 0) is 53.1 Å². The predicted octanol–water partition coefficient (Wildman–Crippen LogP) is 2.37. The van der Waals surface area contributed by atoms with Gasteiger partial charge in [-0.25, -0.2) is 9.67 Å². The molecule has 1 N–H and O–H groups in total. The summed E-state index contributed by atoms with van der Waals surface area (Å²) in [6, 6.07) is 11.3. The highest BCUT2D eigenvalue weighted by Gasteiger charge is 2.11. The van der Waals surface area contributed by atoms with Crippen molar-refractivity contribution < 1.29 is 4.79 Å². The van der Waals surface area contributed by atoms with E-state index in [1.807, 2.05) is 30.5 Å². The van der Waals surface area contributed by atoms with E-state index >= 15 is 0 Å². The lowest BCUT2D eigenvalue weighted by molar-refractivity contribution is 0.0951. The van der Waals surface area contributed by atoms with Crippen LogP contribution in [0.4, 0.5) is 5.82 Å². The zero-order chi connectivity index (χ0) is 19.2. The molecule has 1 aliphatic heterocycles. The van der Waals surface area contributed by atoms with Crippen molar-refractivity contribution in [2.75, 3.05) is 18.0 Å². The molecule has 0 unspecified atom stereocenters. The highest BCUT2D eigenvalue weighted by atomic mass is 16.1. The Morgan fingerprint density at radius 3 is 2.64 bits per heavy atom. The van der Waals surface area contributed by atoms with Crippen LogP contribution in [-0.4, -0.2) is 44.2 Å². The van der Waals surface area contributed by atoms with Crippen LogP contribution < -0.4 is 10.2 Å². The van der Waals surface area contributed by atoms with Gasteiger partial charge in [0.25, 0.3) is 5.91 Å². The number of amides is 1. The van der Waals surface area contributed by atoms with Gasteiger partial charge in [-0.3, -0.25) is 4.79 Å². The Morgan fingerprint density at radius 1 is 1.07 bits per heavy atom. The van der Waals surface area contributed by atoms with E-state index in [4.69, 9.17) is 0 Å². The van der Waals surface area contributed by atoms with Gasteiger partial charge in [-0.15, -0.1) is 5.10 Å². The molecule has 144 valence electrons. The van der Waals surface area contributed by atoms with Crippen LogP contribution in [0.2, 0.25) is 0 Å². The van der Waals surface area contributed by atoms with Gasteiger partial charge in [0.2, 0.25) is 0 Å². The van der Waals surface area contributed by atoms with Gasteiger partial charge in [0.15, 0.2) is 0 Å². The second-order valence-corrected chi connectivity index (χ2v) is 6.91. The smallest absolute Gasteiger partial charge is 0.251 e. The Balaban J connectivity index is 1.36. The van der Waals surface area contributed by atoms with E-state index in [2.05, 4.69) is 30.7 Å². The minimum absolute atomic E-state index is 0.147. The van der Waals surface area contributed by atoms with Gasteiger partial charge >= 0.3 is 0 Å².